The molecule has 1 aromatic heterocycles. The minimum Gasteiger partial charge on any atom is -0.497 e. The Morgan fingerprint density at radius 2 is 1.67 bits per heavy atom. The third-order valence-corrected chi connectivity index (χ3v) is 6.36. The van der Waals surface area contributed by atoms with E-state index in [1.165, 1.54) is 16.8 Å². The van der Waals surface area contributed by atoms with Crippen molar-refractivity contribution in [3.8, 4) is 17.6 Å². The van der Waals surface area contributed by atoms with E-state index < -0.39 is 17.8 Å². The van der Waals surface area contributed by atoms with E-state index >= 15 is 0 Å². The molecule has 8 nitrogen and oxygen atoms in total. The van der Waals surface area contributed by atoms with Gasteiger partial charge < -0.3 is 14.8 Å². The number of hydrogen-bond acceptors (Lipinski definition) is 5. The van der Waals surface area contributed by atoms with Crippen LogP contribution in [0.15, 0.2) is 91.0 Å². The number of rotatable bonds is 8. The summed E-state index contributed by atoms with van der Waals surface area (Å²) in [6, 6.07) is 25.6. The predicted molar refractivity (Wildman–Crippen MR) is 151 cm³/mol. The Morgan fingerprint density at radius 3 is 2.40 bits per heavy atom. The maximum atomic E-state index is 13.5. The fourth-order valence-electron chi connectivity index (χ4n) is 4.28. The molecule has 0 atom stereocenters. The lowest BCUT2D eigenvalue weighted by atomic mass is 10.1. The number of ether oxygens (including phenoxy) is 2. The van der Waals surface area contributed by atoms with E-state index in [2.05, 4.69) is 15.7 Å². The molecule has 0 saturated carbocycles. The van der Waals surface area contributed by atoms with Crippen molar-refractivity contribution >= 4 is 28.4 Å². The van der Waals surface area contributed by atoms with Crippen LogP contribution in [0.25, 0.3) is 10.9 Å². The first-order chi connectivity index (χ1) is 20.2. The molecule has 2 amide bonds. The van der Waals surface area contributed by atoms with E-state index in [1.54, 1.807) is 31.4 Å². The summed E-state index contributed by atoms with van der Waals surface area (Å²) < 4.78 is 53.1. The second kappa shape index (κ2) is 11.9. The molecule has 0 spiro atoms. The van der Waals surface area contributed by atoms with Gasteiger partial charge in [-0.05, 0) is 59.7 Å². The molecule has 5 rings (SSSR count). The molecule has 2 N–H and O–H groups in total. The summed E-state index contributed by atoms with van der Waals surface area (Å²) >= 11 is 0. The number of fused-ring (bicyclic) bond motifs is 1. The second-order valence-corrected chi connectivity index (χ2v) is 9.29. The number of alkyl halides is 3. The highest BCUT2D eigenvalue weighted by atomic mass is 19.4. The minimum absolute atomic E-state index is 0.0339. The average molecular weight is 572 g/mol. The van der Waals surface area contributed by atoms with Crippen LogP contribution in [0.2, 0.25) is 0 Å². The van der Waals surface area contributed by atoms with Gasteiger partial charge in [-0.3, -0.25) is 10.00 Å². The lowest BCUT2D eigenvalue weighted by molar-refractivity contribution is -0.137. The zero-order chi connectivity index (χ0) is 29.7. The summed E-state index contributed by atoms with van der Waals surface area (Å²) in [4.78, 5) is 12.7. The summed E-state index contributed by atoms with van der Waals surface area (Å²) in [7, 11) is 1.58. The molecule has 0 aliphatic carbocycles. The fraction of sp³-hybridized carbons (Fsp3) is 0.129. The third kappa shape index (κ3) is 6.62. The number of amides is 2. The largest absolute Gasteiger partial charge is 0.497 e. The topological polar surface area (TPSA) is 101 Å². The Kier molecular flexibility index (Phi) is 7.97. The zero-order valence-electron chi connectivity index (χ0n) is 22.3. The molecular formula is C31H24F3N5O3. The lowest BCUT2D eigenvalue weighted by Gasteiger charge is -2.09. The standard InChI is InChI=1S/C31H24F3N5O3/c1-41-25-6-3-7-26(16-25)42-19-21-10-8-20(9-11-21)18-39-28-13-12-23(31(32,33)34)15-27(28)29(38-39)37-30(40)36-24-5-2-4-22(14-24)17-35/h2-16H,18-19H2,1H3,(H2,36,37,38,40). The summed E-state index contributed by atoms with van der Waals surface area (Å²) in [5.74, 6) is 1.33. The predicted octanol–water partition coefficient (Wildman–Crippen LogP) is 7.21. The molecular weight excluding hydrogens is 547 g/mol. The van der Waals surface area contributed by atoms with Crippen molar-refractivity contribution in [3.05, 3.63) is 113 Å². The van der Waals surface area contributed by atoms with Crippen molar-refractivity contribution in [2.24, 2.45) is 0 Å². The maximum Gasteiger partial charge on any atom is 0.416 e. The molecule has 11 heteroatoms. The van der Waals surface area contributed by atoms with E-state index in [1.807, 2.05) is 48.5 Å². The van der Waals surface area contributed by atoms with Crippen LogP contribution in [0.5, 0.6) is 11.5 Å². The number of hydrogen-bond donors (Lipinski definition) is 2. The smallest absolute Gasteiger partial charge is 0.416 e. The highest BCUT2D eigenvalue weighted by Crippen LogP contribution is 2.34. The van der Waals surface area contributed by atoms with Gasteiger partial charge in [0.1, 0.15) is 18.1 Å². The Balaban J connectivity index is 1.35. The molecule has 0 aliphatic rings. The van der Waals surface area contributed by atoms with Gasteiger partial charge in [-0.1, -0.05) is 36.4 Å². The number of methoxy groups -OCH3 is 1. The second-order valence-electron chi connectivity index (χ2n) is 9.29. The number of nitrogens with one attached hydrogen (secondary N) is 2. The van der Waals surface area contributed by atoms with Crippen LogP contribution in [0, 0.1) is 11.3 Å². The van der Waals surface area contributed by atoms with Crippen LogP contribution in [0.1, 0.15) is 22.3 Å². The van der Waals surface area contributed by atoms with Crippen LogP contribution in [-0.4, -0.2) is 22.9 Å². The molecule has 5 aromatic rings. The van der Waals surface area contributed by atoms with Gasteiger partial charge in [0.25, 0.3) is 0 Å². The summed E-state index contributed by atoms with van der Waals surface area (Å²) in [6.07, 6.45) is -4.57. The van der Waals surface area contributed by atoms with Crippen molar-refractivity contribution < 1.29 is 27.4 Å². The molecule has 42 heavy (non-hydrogen) atoms. The molecule has 0 bridgehead atoms. The molecule has 4 aromatic carbocycles. The van der Waals surface area contributed by atoms with Crippen molar-refractivity contribution in [2.45, 2.75) is 19.3 Å². The Hall–Kier alpha value is -5.50. The van der Waals surface area contributed by atoms with Gasteiger partial charge >= 0.3 is 12.2 Å². The number of benzene rings is 4. The Bertz CT molecular complexity index is 1780. The number of carbonyl (C=O) groups excluding carboxylic acids is 1. The van der Waals surface area contributed by atoms with Crippen LogP contribution < -0.4 is 20.1 Å². The summed E-state index contributed by atoms with van der Waals surface area (Å²) in [5.41, 5.74) is 2.00. The van der Waals surface area contributed by atoms with Crippen LogP contribution >= 0.6 is 0 Å². The molecule has 0 fully saturated rings. The van der Waals surface area contributed by atoms with E-state index in [-0.39, 0.29) is 17.7 Å². The summed E-state index contributed by atoms with van der Waals surface area (Å²) in [5, 5.41) is 18.8. The highest BCUT2D eigenvalue weighted by Gasteiger charge is 2.31. The van der Waals surface area contributed by atoms with Gasteiger partial charge in [0, 0.05) is 17.1 Å². The maximum absolute atomic E-state index is 13.5. The van der Waals surface area contributed by atoms with Gasteiger partial charge in [-0.15, -0.1) is 0 Å². The molecule has 0 saturated heterocycles. The Labute approximate surface area is 238 Å². The number of urea groups is 1. The van der Waals surface area contributed by atoms with Gasteiger partial charge in [0.2, 0.25) is 0 Å². The first kappa shape index (κ1) is 28.0. The molecule has 212 valence electrons. The average Bonchev–Trinajstić information content (AvgIpc) is 3.32. The number of carbonyl (C=O) groups is 1. The molecule has 0 radical (unpaired) electrons. The monoisotopic (exact) mass is 571 g/mol. The molecule has 0 aliphatic heterocycles. The van der Waals surface area contributed by atoms with Gasteiger partial charge in [-0.25, -0.2) is 4.79 Å². The summed E-state index contributed by atoms with van der Waals surface area (Å²) in [6.45, 7) is 0.575. The minimum atomic E-state index is -4.57. The first-order valence-corrected chi connectivity index (χ1v) is 12.7. The van der Waals surface area contributed by atoms with E-state index in [4.69, 9.17) is 14.7 Å². The van der Waals surface area contributed by atoms with Crippen LogP contribution in [-0.2, 0) is 19.3 Å². The van der Waals surface area contributed by atoms with Gasteiger partial charge in [0.05, 0.1) is 36.4 Å². The highest BCUT2D eigenvalue weighted by molar-refractivity contribution is 6.04. The van der Waals surface area contributed by atoms with Crippen molar-refractivity contribution in [3.63, 3.8) is 0 Å². The number of nitriles is 1. The molecule has 0 unspecified atom stereocenters. The number of halogens is 3. The van der Waals surface area contributed by atoms with E-state index in [0.29, 0.717) is 34.9 Å². The SMILES string of the molecule is COc1cccc(OCc2ccc(Cn3nc(NC(=O)Nc4cccc(C#N)c4)c4cc(C(F)(F)F)ccc43)cc2)c1. The van der Waals surface area contributed by atoms with Crippen LogP contribution in [0.4, 0.5) is 29.5 Å². The van der Waals surface area contributed by atoms with E-state index in [9.17, 15) is 18.0 Å². The number of anilines is 2. The number of aromatic nitrogens is 2. The van der Waals surface area contributed by atoms with Gasteiger partial charge in [0.15, 0.2) is 5.82 Å². The van der Waals surface area contributed by atoms with Crippen molar-refractivity contribution in [1.29, 1.82) is 5.26 Å². The van der Waals surface area contributed by atoms with Crippen LogP contribution in [0.3, 0.4) is 0 Å². The lowest BCUT2D eigenvalue weighted by Crippen LogP contribution is -2.20. The molecule has 1 heterocycles. The quantitative estimate of drug-likeness (QED) is 0.205. The van der Waals surface area contributed by atoms with Crippen molar-refractivity contribution in [2.75, 3.05) is 17.7 Å². The third-order valence-electron chi connectivity index (χ3n) is 6.36. The Morgan fingerprint density at radius 1 is 0.929 bits per heavy atom. The normalized spacial score (nSPS) is 11.1. The first-order valence-electron chi connectivity index (χ1n) is 12.7. The van der Waals surface area contributed by atoms with E-state index in [0.717, 1.165) is 23.3 Å². The van der Waals surface area contributed by atoms with Crippen molar-refractivity contribution in [1.82, 2.24) is 9.78 Å². The number of nitrogens with zero attached hydrogens (tertiary/aromatic N) is 3. The fourth-order valence-corrected chi connectivity index (χ4v) is 4.28. The van der Waals surface area contributed by atoms with Gasteiger partial charge in [-0.2, -0.15) is 23.5 Å². The zero-order valence-corrected chi connectivity index (χ0v) is 22.3.